The summed E-state index contributed by atoms with van der Waals surface area (Å²) in [4.78, 5) is 17.0. The van der Waals surface area contributed by atoms with Gasteiger partial charge in [-0.1, -0.05) is 72.8 Å². The van der Waals surface area contributed by atoms with Crippen molar-refractivity contribution in [3.05, 3.63) is 102 Å². The fourth-order valence-corrected chi connectivity index (χ4v) is 3.82. The molecule has 1 atom stereocenters. The first-order valence-electron chi connectivity index (χ1n) is 9.59. The Bertz CT molecular complexity index is 1220. The zero-order valence-corrected chi connectivity index (χ0v) is 16.6. The van der Waals surface area contributed by atoms with Crippen molar-refractivity contribution in [2.75, 3.05) is 7.11 Å². The van der Waals surface area contributed by atoms with E-state index in [1.54, 1.807) is 54.6 Å². The van der Waals surface area contributed by atoms with Crippen molar-refractivity contribution in [3.8, 4) is 11.1 Å². The highest BCUT2D eigenvalue weighted by Crippen LogP contribution is 2.41. The third kappa shape index (κ3) is 3.89. The lowest BCUT2D eigenvalue weighted by Gasteiger charge is -2.21. The minimum Gasteiger partial charge on any atom is -0.468 e. The number of benzene rings is 3. The van der Waals surface area contributed by atoms with Crippen molar-refractivity contribution in [1.29, 1.82) is 0 Å². The van der Waals surface area contributed by atoms with Crippen molar-refractivity contribution in [1.82, 2.24) is 4.98 Å². The lowest BCUT2D eigenvalue weighted by atomic mass is 9.85. The molecule has 0 spiro atoms. The van der Waals surface area contributed by atoms with Gasteiger partial charge in [-0.3, -0.25) is 9.78 Å². The molecule has 0 bridgehead atoms. The number of hydrogen-bond acceptors (Lipinski definition) is 3. The Hall–Kier alpha value is -3.67. The summed E-state index contributed by atoms with van der Waals surface area (Å²) in [6, 6.07) is 22.0. The molecule has 0 aliphatic carbocycles. The molecule has 0 N–H and O–H groups in total. The van der Waals surface area contributed by atoms with Crippen LogP contribution in [0.2, 0.25) is 0 Å². The third-order valence-electron chi connectivity index (χ3n) is 5.18. The molecule has 0 fully saturated rings. The van der Waals surface area contributed by atoms with E-state index in [4.69, 9.17) is 4.74 Å². The monoisotopic (exact) mass is 421 g/mol. The highest BCUT2D eigenvalue weighted by atomic mass is 19.4. The lowest BCUT2D eigenvalue weighted by Crippen LogP contribution is -2.17. The first-order chi connectivity index (χ1) is 14.9. The summed E-state index contributed by atoms with van der Waals surface area (Å²) in [6.45, 7) is 0. The van der Waals surface area contributed by atoms with Gasteiger partial charge in [0.1, 0.15) is 5.92 Å². The van der Waals surface area contributed by atoms with Crippen molar-refractivity contribution >= 4 is 16.9 Å². The maximum Gasteiger partial charge on any atom is 0.418 e. The summed E-state index contributed by atoms with van der Waals surface area (Å²) in [5.41, 5.74) is 1.39. The minimum atomic E-state index is -4.55. The summed E-state index contributed by atoms with van der Waals surface area (Å²) in [5, 5.41) is 0.323. The highest BCUT2D eigenvalue weighted by molar-refractivity contribution is 6.00. The van der Waals surface area contributed by atoms with Crippen molar-refractivity contribution in [3.63, 3.8) is 0 Å². The Labute approximate surface area is 177 Å². The van der Waals surface area contributed by atoms with Crippen LogP contribution in [0, 0.1) is 0 Å². The van der Waals surface area contributed by atoms with Crippen LogP contribution in [-0.4, -0.2) is 18.1 Å². The molecule has 0 aliphatic heterocycles. The second kappa shape index (κ2) is 8.22. The van der Waals surface area contributed by atoms with Crippen LogP contribution in [0.15, 0.2) is 85.1 Å². The summed E-state index contributed by atoms with van der Waals surface area (Å²) in [7, 11) is 1.29. The van der Waals surface area contributed by atoms with Crippen LogP contribution in [0.5, 0.6) is 0 Å². The number of fused-ring (bicyclic) bond motifs is 1. The zero-order chi connectivity index (χ0) is 22.0. The zero-order valence-electron chi connectivity index (χ0n) is 16.6. The van der Waals surface area contributed by atoms with E-state index < -0.39 is 23.6 Å². The van der Waals surface area contributed by atoms with Crippen LogP contribution in [0.3, 0.4) is 0 Å². The molecule has 0 saturated carbocycles. The molecule has 4 rings (SSSR count). The van der Waals surface area contributed by atoms with Crippen LogP contribution >= 0.6 is 0 Å². The van der Waals surface area contributed by atoms with Gasteiger partial charge in [0.15, 0.2) is 0 Å². The molecule has 3 aromatic carbocycles. The minimum absolute atomic E-state index is 0.158. The Morgan fingerprint density at radius 1 is 0.903 bits per heavy atom. The number of nitrogens with zero attached hydrogens (tertiary/aromatic N) is 1. The molecule has 6 heteroatoms. The Balaban J connectivity index is 2.09. The van der Waals surface area contributed by atoms with E-state index in [-0.39, 0.29) is 5.52 Å². The van der Waals surface area contributed by atoms with Crippen LogP contribution in [0.4, 0.5) is 13.2 Å². The van der Waals surface area contributed by atoms with Gasteiger partial charge in [0.05, 0.1) is 18.2 Å². The average Bonchev–Trinajstić information content (AvgIpc) is 2.79. The first-order valence-corrected chi connectivity index (χ1v) is 9.59. The maximum absolute atomic E-state index is 13.6. The first kappa shape index (κ1) is 20.6. The van der Waals surface area contributed by atoms with Crippen molar-refractivity contribution < 1.29 is 22.7 Å². The van der Waals surface area contributed by atoms with Crippen molar-refractivity contribution in [2.24, 2.45) is 0 Å². The molecule has 0 radical (unpaired) electrons. The van der Waals surface area contributed by atoms with Crippen LogP contribution in [0.1, 0.15) is 22.6 Å². The van der Waals surface area contributed by atoms with E-state index in [0.29, 0.717) is 27.6 Å². The Morgan fingerprint density at radius 2 is 1.55 bits per heavy atom. The van der Waals surface area contributed by atoms with Crippen LogP contribution in [-0.2, 0) is 15.7 Å². The van der Waals surface area contributed by atoms with E-state index in [1.165, 1.54) is 19.4 Å². The van der Waals surface area contributed by atoms with Gasteiger partial charge in [-0.25, -0.2) is 0 Å². The quantitative estimate of drug-likeness (QED) is 0.367. The Morgan fingerprint density at radius 3 is 2.16 bits per heavy atom. The van der Waals surface area contributed by atoms with E-state index >= 15 is 0 Å². The van der Waals surface area contributed by atoms with Gasteiger partial charge in [-0.2, -0.15) is 13.2 Å². The number of rotatable bonds is 4. The molecule has 156 valence electrons. The highest BCUT2D eigenvalue weighted by Gasteiger charge is 2.35. The largest absolute Gasteiger partial charge is 0.468 e. The average molecular weight is 421 g/mol. The molecule has 4 aromatic rings. The number of alkyl halides is 3. The number of carbonyl (C=O) groups is 1. The number of aromatic nitrogens is 1. The fourth-order valence-electron chi connectivity index (χ4n) is 3.82. The fraction of sp³-hybridized carbons (Fsp3) is 0.120. The molecular formula is C25H18F3NO2. The number of pyridine rings is 1. The normalized spacial score (nSPS) is 12.5. The smallest absolute Gasteiger partial charge is 0.418 e. The third-order valence-corrected chi connectivity index (χ3v) is 5.18. The molecule has 0 aliphatic rings. The summed E-state index contributed by atoms with van der Waals surface area (Å²) >= 11 is 0. The van der Waals surface area contributed by atoms with Gasteiger partial charge in [0.25, 0.3) is 0 Å². The molecule has 1 unspecified atom stereocenters. The van der Waals surface area contributed by atoms with E-state index in [1.807, 2.05) is 12.1 Å². The lowest BCUT2D eigenvalue weighted by molar-refractivity contribution is -0.141. The van der Waals surface area contributed by atoms with Gasteiger partial charge >= 0.3 is 12.1 Å². The maximum atomic E-state index is 13.6. The number of para-hydroxylation sites is 1. The van der Waals surface area contributed by atoms with Crippen LogP contribution in [0.25, 0.3) is 22.0 Å². The van der Waals surface area contributed by atoms with Gasteiger partial charge < -0.3 is 4.74 Å². The van der Waals surface area contributed by atoms with E-state index in [0.717, 1.165) is 6.07 Å². The second-order valence-electron chi connectivity index (χ2n) is 7.02. The molecule has 0 saturated heterocycles. The predicted octanol–water partition coefficient (Wildman–Crippen LogP) is 6.23. The van der Waals surface area contributed by atoms with E-state index in [2.05, 4.69) is 4.98 Å². The SMILES string of the molecule is COC(=O)C(c1ccccc1)c1cnc2c(C(F)(F)F)cccc2c1-c1ccccc1. The predicted molar refractivity (Wildman–Crippen MR) is 112 cm³/mol. The molecule has 1 heterocycles. The summed E-state index contributed by atoms with van der Waals surface area (Å²) in [6.07, 6.45) is -3.20. The van der Waals surface area contributed by atoms with E-state index in [9.17, 15) is 18.0 Å². The number of carbonyl (C=O) groups excluding carboxylic acids is 1. The molecule has 0 amide bonds. The summed E-state index contributed by atoms with van der Waals surface area (Å²) in [5.74, 6) is -1.36. The van der Waals surface area contributed by atoms with Gasteiger partial charge in [-0.05, 0) is 28.3 Å². The summed E-state index contributed by atoms with van der Waals surface area (Å²) < 4.78 is 46.0. The molecule has 1 aromatic heterocycles. The number of halogens is 3. The molecule has 31 heavy (non-hydrogen) atoms. The standard InChI is InChI=1S/C25H18F3NO2/c1-31-24(30)22(17-11-6-3-7-12-17)19-15-29-23-18(13-8-14-20(23)25(26,27)28)21(19)16-9-4-2-5-10-16/h2-15,22H,1H3. The number of esters is 1. The van der Waals surface area contributed by atoms with Crippen molar-refractivity contribution in [2.45, 2.75) is 12.1 Å². The number of methoxy groups -OCH3 is 1. The van der Waals surface area contributed by atoms with Gasteiger partial charge in [-0.15, -0.1) is 0 Å². The van der Waals surface area contributed by atoms with Crippen LogP contribution < -0.4 is 0 Å². The van der Waals surface area contributed by atoms with Gasteiger partial charge in [0.2, 0.25) is 0 Å². The van der Waals surface area contributed by atoms with Gasteiger partial charge in [0, 0.05) is 11.6 Å². The number of hydrogen-bond donors (Lipinski definition) is 0. The molecule has 3 nitrogen and oxygen atoms in total. The second-order valence-corrected chi connectivity index (χ2v) is 7.02. The molecular weight excluding hydrogens is 403 g/mol. The number of ether oxygens (including phenoxy) is 1. The Kier molecular flexibility index (Phi) is 5.46. The topological polar surface area (TPSA) is 39.2 Å².